The van der Waals surface area contributed by atoms with Gasteiger partial charge in [-0.2, -0.15) is 4.72 Å². The Bertz CT molecular complexity index is 960. The molecule has 0 aliphatic carbocycles. The molecule has 3 N–H and O–H groups in total. The zero-order chi connectivity index (χ0) is 20.2. The van der Waals surface area contributed by atoms with Crippen LogP contribution in [0.3, 0.4) is 0 Å². The number of amides is 1. The molecule has 2 aromatic rings. The van der Waals surface area contributed by atoms with Gasteiger partial charge in [-0.25, -0.2) is 8.42 Å². The van der Waals surface area contributed by atoms with Crippen molar-refractivity contribution in [2.24, 2.45) is 0 Å². The lowest BCUT2D eigenvalue weighted by atomic mass is 10.1. The van der Waals surface area contributed by atoms with E-state index in [0.717, 1.165) is 11.1 Å². The first-order valence-electron chi connectivity index (χ1n) is 8.27. The van der Waals surface area contributed by atoms with Gasteiger partial charge in [-0.3, -0.25) is 9.59 Å². The number of rotatable bonds is 7. The van der Waals surface area contributed by atoms with Crippen molar-refractivity contribution in [1.29, 1.82) is 0 Å². The van der Waals surface area contributed by atoms with Gasteiger partial charge in [0.05, 0.1) is 11.3 Å². The maximum Gasteiger partial charge on any atom is 0.318 e. The Morgan fingerprint density at radius 3 is 2.15 bits per heavy atom. The Morgan fingerprint density at radius 1 is 1.00 bits per heavy atom. The van der Waals surface area contributed by atoms with Gasteiger partial charge in [0.1, 0.15) is 6.54 Å². The predicted molar refractivity (Wildman–Crippen MR) is 102 cm³/mol. The number of sulfonamides is 1. The highest BCUT2D eigenvalue weighted by Gasteiger charge is 2.21. The van der Waals surface area contributed by atoms with Crippen LogP contribution in [0.4, 0.5) is 5.69 Å². The number of carbonyl (C=O) groups is 2. The van der Waals surface area contributed by atoms with E-state index >= 15 is 0 Å². The third-order valence-electron chi connectivity index (χ3n) is 4.04. The molecule has 0 radical (unpaired) electrons. The first-order chi connectivity index (χ1) is 12.6. The van der Waals surface area contributed by atoms with E-state index in [4.69, 9.17) is 5.11 Å². The molecule has 0 aliphatic heterocycles. The summed E-state index contributed by atoms with van der Waals surface area (Å²) in [4.78, 5) is 22.9. The third-order valence-corrected chi connectivity index (χ3v) is 5.74. The van der Waals surface area contributed by atoms with Crippen LogP contribution in [0.5, 0.6) is 0 Å². The molecule has 0 bridgehead atoms. The Hall–Kier alpha value is -2.71. The Balaban J connectivity index is 2.20. The molecule has 0 atom stereocenters. The normalized spacial score (nSPS) is 11.2. The largest absolute Gasteiger partial charge is 0.480 e. The topological polar surface area (TPSA) is 113 Å². The quantitative estimate of drug-likeness (QED) is 0.671. The van der Waals surface area contributed by atoms with Crippen molar-refractivity contribution in [2.45, 2.75) is 32.1 Å². The van der Waals surface area contributed by atoms with Crippen molar-refractivity contribution in [3.63, 3.8) is 0 Å². The van der Waals surface area contributed by atoms with Gasteiger partial charge in [-0.05, 0) is 55.2 Å². The van der Waals surface area contributed by atoms with Crippen LogP contribution < -0.4 is 10.0 Å². The van der Waals surface area contributed by atoms with Crippen LogP contribution in [0.25, 0.3) is 0 Å². The van der Waals surface area contributed by atoms with Crippen molar-refractivity contribution >= 4 is 27.6 Å². The lowest BCUT2D eigenvalue weighted by Gasteiger charge is -2.14. The minimum atomic E-state index is -3.96. The minimum Gasteiger partial charge on any atom is -0.480 e. The van der Waals surface area contributed by atoms with Crippen LogP contribution >= 0.6 is 0 Å². The monoisotopic (exact) mass is 390 g/mol. The standard InChI is InChI=1S/C19H22N2O5S/c1-12-6-4-5-7-15(12)10-17(22)21-16-8-13(2)19(14(3)9-16)27(25,26)20-11-18(23)24/h4-9,20H,10-11H2,1-3H3,(H,21,22)(H,23,24). The number of carboxylic acids is 1. The summed E-state index contributed by atoms with van der Waals surface area (Å²) in [5, 5.41) is 11.5. The summed E-state index contributed by atoms with van der Waals surface area (Å²) in [7, 11) is -3.96. The third kappa shape index (κ3) is 5.38. The lowest BCUT2D eigenvalue weighted by molar-refractivity contribution is -0.135. The molecule has 2 aromatic carbocycles. The molecule has 0 saturated carbocycles. The zero-order valence-electron chi connectivity index (χ0n) is 15.4. The molecule has 7 nitrogen and oxygen atoms in total. The highest BCUT2D eigenvalue weighted by atomic mass is 32.2. The summed E-state index contributed by atoms with van der Waals surface area (Å²) in [5.41, 5.74) is 3.25. The average Bonchev–Trinajstić information content (AvgIpc) is 2.54. The van der Waals surface area contributed by atoms with Crippen LogP contribution in [0.2, 0.25) is 0 Å². The summed E-state index contributed by atoms with van der Waals surface area (Å²) in [6.45, 7) is 4.43. The molecule has 2 rings (SSSR count). The maximum absolute atomic E-state index is 12.3. The lowest BCUT2D eigenvalue weighted by Crippen LogP contribution is -2.30. The highest BCUT2D eigenvalue weighted by molar-refractivity contribution is 7.89. The van der Waals surface area contributed by atoms with Gasteiger partial charge in [-0.15, -0.1) is 0 Å². The molecule has 1 amide bonds. The van der Waals surface area contributed by atoms with Crippen molar-refractivity contribution in [1.82, 2.24) is 4.72 Å². The molecule has 0 aliphatic rings. The molecule has 0 saturated heterocycles. The van der Waals surface area contributed by atoms with E-state index < -0.39 is 22.5 Å². The number of nitrogens with one attached hydrogen (secondary N) is 2. The average molecular weight is 390 g/mol. The maximum atomic E-state index is 12.3. The first-order valence-corrected chi connectivity index (χ1v) is 9.75. The van der Waals surface area contributed by atoms with E-state index in [0.29, 0.717) is 16.8 Å². The Kier molecular flexibility index (Phi) is 6.35. The van der Waals surface area contributed by atoms with Gasteiger partial charge in [-0.1, -0.05) is 24.3 Å². The number of aliphatic carboxylic acids is 1. The van der Waals surface area contributed by atoms with Gasteiger partial charge in [0.25, 0.3) is 0 Å². The summed E-state index contributed by atoms with van der Waals surface area (Å²) < 4.78 is 26.7. The van der Waals surface area contributed by atoms with Crippen molar-refractivity contribution in [3.05, 3.63) is 58.7 Å². The second-order valence-corrected chi connectivity index (χ2v) is 8.01. The number of hydrogen-bond acceptors (Lipinski definition) is 4. The smallest absolute Gasteiger partial charge is 0.318 e. The number of anilines is 1. The number of aryl methyl sites for hydroxylation is 3. The molecule has 8 heteroatoms. The van der Waals surface area contributed by atoms with Crippen LogP contribution in [0.15, 0.2) is 41.3 Å². The van der Waals surface area contributed by atoms with Crippen LogP contribution in [0.1, 0.15) is 22.3 Å². The van der Waals surface area contributed by atoms with Crippen molar-refractivity contribution in [2.75, 3.05) is 11.9 Å². The summed E-state index contributed by atoms with van der Waals surface area (Å²) in [5.74, 6) is -1.48. The fraction of sp³-hybridized carbons (Fsp3) is 0.263. The molecular formula is C19H22N2O5S. The second kappa shape index (κ2) is 8.32. The molecule has 27 heavy (non-hydrogen) atoms. The van der Waals surface area contributed by atoms with Crippen molar-refractivity contribution < 1.29 is 23.1 Å². The first kappa shape index (κ1) is 20.6. The van der Waals surface area contributed by atoms with Gasteiger partial charge in [0.2, 0.25) is 15.9 Å². The molecular weight excluding hydrogens is 368 g/mol. The van der Waals surface area contributed by atoms with E-state index in [1.165, 1.54) is 0 Å². The number of carboxylic acid groups (broad SMARTS) is 1. The number of carbonyl (C=O) groups excluding carboxylic acids is 1. The fourth-order valence-electron chi connectivity index (χ4n) is 2.86. The summed E-state index contributed by atoms with van der Waals surface area (Å²) in [6, 6.07) is 10.7. The van der Waals surface area contributed by atoms with Gasteiger partial charge in [0.15, 0.2) is 0 Å². The van der Waals surface area contributed by atoms with Crippen molar-refractivity contribution in [3.8, 4) is 0 Å². The van der Waals surface area contributed by atoms with Crippen LogP contribution in [-0.4, -0.2) is 31.9 Å². The van der Waals surface area contributed by atoms with Crippen LogP contribution in [0, 0.1) is 20.8 Å². The zero-order valence-corrected chi connectivity index (χ0v) is 16.2. The Labute approximate surface area is 158 Å². The molecule has 0 aromatic heterocycles. The molecule has 0 heterocycles. The van der Waals surface area contributed by atoms with E-state index in [1.54, 1.807) is 26.0 Å². The molecule has 0 unspecified atom stereocenters. The van der Waals surface area contributed by atoms with E-state index in [1.807, 2.05) is 35.9 Å². The van der Waals surface area contributed by atoms with Gasteiger partial charge >= 0.3 is 5.97 Å². The summed E-state index contributed by atoms with van der Waals surface area (Å²) >= 11 is 0. The van der Waals surface area contributed by atoms with E-state index in [-0.39, 0.29) is 17.2 Å². The predicted octanol–water partition coefficient (Wildman–Crippen LogP) is 2.16. The summed E-state index contributed by atoms with van der Waals surface area (Å²) in [6.07, 6.45) is 0.213. The molecule has 144 valence electrons. The second-order valence-electron chi connectivity index (χ2n) is 6.31. The highest BCUT2D eigenvalue weighted by Crippen LogP contribution is 2.24. The van der Waals surface area contributed by atoms with Gasteiger partial charge < -0.3 is 10.4 Å². The SMILES string of the molecule is Cc1ccccc1CC(=O)Nc1cc(C)c(S(=O)(=O)NCC(=O)O)c(C)c1. The van der Waals surface area contributed by atoms with Crippen LogP contribution in [-0.2, 0) is 26.0 Å². The number of hydrogen-bond donors (Lipinski definition) is 3. The molecule has 0 spiro atoms. The number of benzene rings is 2. The van der Waals surface area contributed by atoms with E-state index in [2.05, 4.69) is 5.32 Å². The van der Waals surface area contributed by atoms with E-state index in [9.17, 15) is 18.0 Å². The van der Waals surface area contributed by atoms with Gasteiger partial charge in [0, 0.05) is 5.69 Å². The molecule has 0 fully saturated rings. The minimum absolute atomic E-state index is 0.0145. The fourth-order valence-corrected chi connectivity index (χ4v) is 4.29. The Morgan fingerprint density at radius 2 is 1.59 bits per heavy atom.